The highest BCUT2D eigenvalue weighted by Crippen LogP contribution is 2.36. The maximum Gasteiger partial charge on any atom is 0.163 e. The first-order valence-corrected chi connectivity index (χ1v) is 5.28. The number of fused-ring (bicyclic) bond motifs is 1. The molecule has 0 fully saturated rings. The van der Waals surface area contributed by atoms with Crippen LogP contribution in [0.25, 0.3) is 0 Å². The summed E-state index contributed by atoms with van der Waals surface area (Å²) in [5, 5.41) is 12.2. The minimum Gasteiger partial charge on any atom is -0.486 e. The Morgan fingerprint density at radius 3 is 2.62 bits per heavy atom. The van der Waals surface area contributed by atoms with Crippen LogP contribution in [0.5, 0.6) is 11.5 Å². The fourth-order valence-electron chi connectivity index (χ4n) is 1.52. The Hall–Kier alpha value is -1.62. The number of ether oxygens (including phenoxy) is 2. The molecule has 0 radical (unpaired) electrons. The van der Waals surface area contributed by atoms with Gasteiger partial charge < -0.3 is 25.6 Å². The molecule has 1 aliphatic heterocycles. The van der Waals surface area contributed by atoms with Gasteiger partial charge in [-0.1, -0.05) is 0 Å². The molecule has 1 aromatic carbocycles. The van der Waals surface area contributed by atoms with Crippen molar-refractivity contribution in [3.05, 3.63) is 12.1 Å². The van der Waals surface area contributed by atoms with E-state index < -0.39 is 6.10 Å². The molecule has 0 bridgehead atoms. The van der Waals surface area contributed by atoms with Gasteiger partial charge in [0.2, 0.25) is 0 Å². The smallest absolute Gasteiger partial charge is 0.163 e. The molecule has 0 spiro atoms. The fraction of sp³-hybridized carbons (Fsp3) is 0.455. The third kappa shape index (κ3) is 2.30. The number of anilines is 2. The first-order chi connectivity index (χ1) is 7.66. The number of hydrogen-bond donors (Lipinski definition) is 3. The summed E-state index contributed by atoms with van der Waals surface area (Å²) in [5.74, 6) is 1.36. The molecule has 0 aliphatic carbocycles. The van der Waals surface area contributed by atoms with Gasteiger partial charge in [0.25, 0.3) is 0 Å². The molecule has 16 heavy (non-hydrogen) atoms. The topological polar surface area (TPSA) is 76.7 Å². The first kappa shape index (κ1) is 10.9. The number of aliphatic hydroxyl groups is 1. The van der Waals surface area contributed by atoms with Crippen LogP contribution in [0.2, 0.25) is 0 Å². The molecule has 1 atom stereocenters. The monoisotopic (exact) mass is 224 g/mol. The zero-order chi connectivity index (χ0) is 11.5. The molecule has 0 aromatic heterocycles. The largest absolute Gasteiger partial charge is 0.486 e. The molecule has 5 nitrogen and oxygen atoms in total. The van der Waals surface area contributed by atoms with Gasteiger partial charge in [0.05, 0.1) is 17.5 Å². The Morgan fingerprint density at radius 2 is 2.00 bits per heavy atom. The minimum absolute atomic E-state index is 0.424. The maximum absolute atomic E-state index is 9.18. The minimum atomic E-state index is -0.424. The second-order valence-electron chi connectivity index (χ2n) is 3.81. The predicted octanol–water partition coefficient (Wildman–Crippen LogP) is 0.833. The van der Waals surface area contributed by atoms with Crippen LogP contribution in [-0.4, -0.2) is 31.0 Å². The Morgan fingerprint density at radius 1 is 1.38 bits per heavy atom. The van der Waals surface area contributed by atoms with E-state index in [1.807, 2.05) is 0 Å². The average Bonchev–Trinajstić information content (AvgIpc) is 2.26. The van der Waals surface area contributed by atoms with Crippen molar-refractivity contribution < 1.29 is 14.6 Å². The van der Waals surface area contributed by atoms with Crippen molar-refractivity contribution in [2.75, 3.05) is 30.8 Å². The van der Waals surface area contributed by atoms with Gasteiger partial charge in [-0.15, -0.1) is 0 Å². The molecule has 1 heterocycles. The van der Waals surface area contributed by atoms with E-state index in [9.17, 15) is 5.11 Å². The molecule has 5 heteroatoms. The lowest BCUT2D eigenvalue weighted by atomic mass is 10.2. The summed E-state index contributed by atoms with van der Waals surface area (Å²) in [6.07, 6.45) is -0.424. The second-order valence-corrected chi connectivity index (χ2v) is 3.81. The molecule has 0 saturated carbocycles. The molecular weight excluding hydrogens is 208 g/mol. The number of nitrogens with one attached hydrogen (secondary N) is 1. The van der Waals surface area contributed by atoms with Crippen molar-refractivity contribution >= 4 is 11.4 Å². The molecule has 0 amide bonds. The molecule has 1 aromatic rings. The summed E-state index contributed by atoms with van der Waals surface area (Å²) < 4.78 is 10.8. The van der Waals surface area contributed by atoms with Crippen LogP contribution in [0.1, 0.15) is 6.92 Å². The van der Waals surface area contributed by atoms with E-state index in [1.165, 1.54) is 0 Å². The first-order valence-electron chi connectivity index (χ1n) is 5.28. The zero-order valence-electron chi connectivity index (χ0n) is 9.19. The van der Waals surface area contributed by atoms with E-state index >= 15 is 0 Å². The molecule has 88 valence electrons. The average molecular weight is 224 g/mol. The SMILES string of the molecule is CC(O)CNc1cc2c(cc1N)OCCO2. The molecule has 1 unspecified atom stereocenters. The van der Waals surface area contributed by atoms with Gasteiger partial charge in [-0.25, -0.2) is 0 Å². The summed E-state index contributed by atoms with van der Waals surface area (Å²) in [6, 6.07) is 3.53. The van der Waals surface area contributed by atoms with Crippen molar-refractivity contribution in [2.45, 2.75) is 13.0 Å². The number of rotatable bonds is 3. The molecule has 0 saturated heterocycles. The van der Waals surface area contributed by atoms with E-state index in [0.717, 1.165) is 5.69 Å². The highest BCUT2D eigenvalue weighted by molar-refractivity contribution is 5.72. The zero-order valence-corrected chi connectivity index (χ0v) is 9.19. The Labute approximate surface area is 94.2 Å². The van der Waals surface area contributed by atoms with Gasteiger partial charge >= 0.3 is 0 Å². The number of nitrogen functional groups attached to an aromatic ring is 1. The van der Waals surface area contributed by atoms with Crippen molar-refractivity contribution in [3.8, 4) is 11.5 Å². The quantitative estimate of drug-likeness (QED) is 0.663. The van der Waals surface area contributed by atoms with Gasteiger partial charge in [-0.05, 0) is 6.92 Å². The van der Waals surface area contributed by atoms with Gasteiger partial charge in [-0.2, -0.15) is 0 Å². The van der Waals surface area contributed by atoms with Crippen LogP contribution in [-0.2, 0) is 0 Å². The van der Waals surface area contributed by atoms with Crippen molar-refractivity contribution in [1.82, 2.24) is 0 Å². The Kier molecular flexibility index (Phi) is 3.05. The Bertz CT molecular complexity index is 380. The Balaban J connectivity index is 2.18. The molecular formula is C11H16N2O3. The summed E-state index contributed by atoms with van der Waals surface area (Å²) in [6.45, 7) is 3.25. The fourth-order valence-corrected chi connectivity index (χ4v) is 1.52. The highest BCUT2D eigenvalue weighted by atomic mass is 16.6. The van der Waals surface area contributed by atoms with Crippen LogP contribution in [0, 0.1) is 0 Å². The lowest BCUT2D eigenvalue weighted by molar-refractivity contribution is 0.172. The van der Waals surface area contributed by atoms with Gasteiger partial charge in [0.15, 0.2) is 11.5 Å². The third-order valence-electron chi connectivity index (χ3n) is 2.30. The molecule has 2 rings (SSSR count). The third-order valence-corrected chi connectivity index (χ3v) is 2.30. The van der Waals surface area contributed by atoms with E-state index in [0.29, 0.717) is 36.9 Å². The van der Waals surface area contributed by atoms with Crippen LogP contribution >= 0.6 is 0 Å². The summed E-state index contributed by atoms with van der Waals surface area (Å²) in [5.41, 5.74) is 7.19. The number of benzene rings is 1. The van der Waals surface area contributed by atoms with E-state index in [2.05, 4.69) is 5.32 Å². The van der Waals surface area contributed by atoms with E-state index in [1.54, 1.807) is 19.1 Å². The van der Waals surface area contributed by atoms with Crippen LogP contribution < -0.4 is 20.5 Å². The molecule has 1 aliphatic rings. The van der Waals surface area contributed by atoms with Gasteiger partial charge in [0, 0.05) is 18.7 Å². The van der Waals surface area contributed by atoms with Crippen LogP contribution in [0.4, 0.5) is 11.4 Å². The number of aliphatic hydroxyl groups excluding tert-OH is 1. The highest BCUT2D eigenvalue weighted by Gasteiger charge is 2.14. The van der Waals surface area contributed by atoms with Crippen LogP contribution in [0.15, 0.2) is 12.1 Å². The number of hydrogen-bond acceptors (Lipinski definition) is 5. The lowest BCUT2D eigenvalue weighted by Crippen LogP contribution is -2.18. The maximum atomic E-state index is 9.18. The standard InChI is InChI=1S/C11H16N2O3/c1-7(14)6-13-9-5-11-10(4-8(9)12)15-2-3-16-11/h4-5,7,13-14H,2-3,6,12H2,1H3. The lowest BCUT2D eigenvalue weighted by Gasteiger charge is -2.20. The van der Waals surface area contributed by atoms with Gasteiger partial charge in [-0.3, -0.25) is 0 Å². The predicted molar refractivity (Wildman–Crippen MR) is 62.0 cm³/mol. The van der Waals surface area contributed by atoms with Crippen molar-refractivity contribution in [1.29, 1.82) is 0 Å². The van der Waals surface area contributed by atoms with E-state index in [4.69, 9.17) is 15.2 Å². The van der Waals surface area contributed by atoms with Gasteiger partial charge in [0.1, 0.15) is 13.2 Å². The normalized spacial score (nSPS) is 15.6. The number of nitrogens with two attached hydrogens (primary N) is 1. The summed E-state index contributed by atoms with van der Waals surface area (Å²) >= 11 is 0. The second kappa shape index (κ2) is 4.49. The molecule has 4 N–H and O–H groups in total. The van der Waals surface area contributed by atoms with Crippen LogP contribution in [0.3, 0.4) is 0 Å². The van der Waals surface area contributed by atoms with E-state index in [-0.39, 0.29) is 0 Å². The summed E-state index contributed by atoms with van der Waals surface area (Å²) in [4.78, 5) is 0. The van der Waals surface area contributed by atoms with Crippen molar-refractivity contribution in [3.63, 3.8) is 0 Å². The van der Waals surface area contributed by atoms with Crippen molar-refractivity contribution in [2.24, 2.45) is 0 Å². The summed E-state index contributed by atoms with van der Waals surface area (Å²) in [7, 11) is 0.